The molecule has 5 atom stereocenters. The van der Waals surface area contributed by atoms with Crippen molar-refractivity contribution in [2.24, 2.45) is 17.8 Å². The van der Waals surface area contributed by atoms with E-state index in [0.717, 1.165) is 27.7 Å². The minimum atomic E-state index is -0.0490. The Balaban J connectivity index is 1.42. The second-order valence-electron chi connectivity index (χ2n) is 9.51. The van der Waals surface area contributed by atoms with E-state index in [1.54, 1.807) is 6.92 Å². The van der Waals surface area contributed by atoms with Gasteiger partial charge in [-0.15, -0.1) is 0 Å². The van der Waals surface area contributed by atoms with Crippen LogP contribution in [-0.4, -0.2) is 25.9 Å². The standard InChI is InChI=1S/C24H24N6O/c1-11(31)30-19-7-6-18-22(16(19)10-26-30)20-12-2-3-13(8-12)21(20)23(27-18)14-4-5-17-15(9-14)24(25)29-28-17/h4-7,9-10,12-13,20-21,23,27H,2-3,8H2,1H3,(H3,25,28,29)/t12?,13?,20-,21+,23-/m0/s1. The molecule has 31 heavy (non-hydrogen) atoms. The molecule has 2 bridgehead atoms. The Morgan fingerprint density at radius 3 is 2.90 bits per heavy atom. The van der Waals surface area contributed by atoms with Gasteiger partial charge >= 0.3 is 0 Å². The number of aromatic amines is 1. The molecule has 0 amide bonds. The van der Waals surface area contributed by atoms with Crippen molar-refractivity contribution in [3.8, 4) is 0 Å². The van der Waals surface area contributed by atoms with Crippen molar-refractivity contribution in [1.29, 1.82) is 0 Å². The highest BCUT2D eigenvalue weighted by Crippen LogP contribution is 2.64. The molecule has 3 aliphatic rings. The number of hydrogen-bond acceptors (Lipinski definition) is 5. The summed E-state index contributed by atoms with van der Waals surface area (Å²) in [5.74, 6) is 2.94. The van der Waals surface area contributed by atoms with E-state index < -0.39 is 0 Å². The first-order valence-corrected chi connectivity index (χ1v) is 11.1. The van der Waals surface area contributed by atoms with Crippen LogP contribution < -0.4 is 11.1 Å². The van der Waals surface area contributed by atoms with Gasteiger partial charge in [0.2, 0.25) is 5.91 Å². The van der Waals surface area contributed by atoms with Crippen LogP contribution in [0.25, 0.3) is 21.8 Å². The number of aromatic nitrogens is 4. The first-order chi connectivity index (χ1) is 15.1. The normalized spacial score (nSPS) is 28.6. The van der Waals surface area contributed by atoms with Gasteiger partial charge in [-0.25, -0.2) is 4.68 Å². The summed E-state index contributed by atoms with van der Waals surface area (Å²) in [5, 5.41) is 17.6. The number of rotatable bonds is 1. The van der Waals surface area contributed by atoms with E-state index in [9.17, 15) is 4.79 Å². The summed E-state index contributed by atoms with van der Waals surface area (Å²) in [5.41, 5.74) is 11.8. The van der Waals surface area contributed by atoms with E-state index >= 15 is 0 Å². The van der Waals surface area contributed by atoms with E-state index in [-0.39, 0.29) is 11.9 Å². The molecule has 2 aromatic carbocycles. The maximum absolute atomic E-state index is 12.1. The number of nitrogen functional groups attached to an aromatic ring is 1. The van der Waals surface area contributed by atoms with E-state index in [0.29, 0.717) is 23.6 Å². The second kappa shape index (κ2) is 5.87. The van der Waals surface area contributed by atoms with Crippen molar-refractivity contribution in [1.82, 2.24) is 20.0 Å². The highest BCUT2D eigenvalue weighted by Gasteiger charge is 2.54. The fourth-order valence-electron chi connectivity index (χ4n) is 6.92. The van der Waals surface area contributed by atoms with E-state index in [2.05, 4.69) is 44.9 Å². The first kappa shape index (κ1) is 17.3. The van der Waals surface area contributed by atoms with Gasteiger partial charge in [0.05, 0.1) is 23.3 Å². The summed E-state index contributed by atoms with van der Waals surface area (Å²) in [6.45, 7) is 1.57. The maximum atomic E-state index is 12.1. The van der Waals surface area contributed by atoms with Crippen LogP contribution in [0.4, 0.5) is 11.5 Å². The van der Waals surface area contributed by atoms with Gasteiger partial charge in [0.25, 0.3) is 0 Å². The highest BCUT2D eigenvalue weighted by molar-refractivity contribution is 5.95. The molecule has 7 heteroatoms. The zero-order valence-corrected chi connectivity index (χ0v) is 17.3. The van der Waals surface area contributed by atoms with Crippen molar-refractivity contribution in [2.75, 3.05) is 11.1 Å². The van der Waals surface area contributed by atoms with Gasteiger partial charge in [-0.3, -0.25) is 9.89 Å². The molecule has 4 N–H and O–H groups in total. The quantitative estimate of drug-likeness (QED) is 0.429. The zero-order valence-electron chi connectivity index (χ0n) is 17.3. The maximum Gasteiger partial charge on any atom is 0.244 e. The number of nitrogens with zero attached hydrogens (tertiary/aromatic N) is 3. The van der Waals surface area contributed by atoms with Crippen molar-refractivity contribution < 1.29 is 4.79 Å². The van der Waals surface area contributed by atoms with E-state index in [1.807, 2.05) is 12.3 Å². The second-order valence-corrected chi connectivity index (χ2v) is 9.51. The molecule has 0 radical (unpaired) electrons. The van der Waals surface area contributed by atoms with Crippen molar-refractivity contribution in [3.63, 3.8) is 0 Å². The Bertz CT molecular complexity index is 1380. The fraction of sp³-hybridized carbons (Fsp3) is 0.375. The van der Waals surface area contributed by atoms with Crippen LogP contribution in [0.2, 0.25) is 0 Å². The molecule has 156 valence electrons. The Hall–Kier alpha value is -3.35. The minimum absolute atomic E-state index is 0.0490. The summed E-state index contributed by atoms with van der Waals surface area (Å²) in [7, 11) is 0. The predicted octanol–water partition coefficient (Wildman–Crippen LogP) is 4.45. The number of hydrogen-bond donors (Lipinski definition) is 3. The molecule has 3 heterocycles. The lowest BCUT2D eigenvalue weighted by atomic mass is 9.67. The molecule has 4 aromatic rings. The average Bonchev–Trinajstić information content (AvgIpc) is 3.55. The monoisotopic (exact) mass is 412 g/mol. The number of anilines is 2. The topological polar surface area (TPSA) is 102 Å². The average molecular weight is 412 g/mol. The lowest BCUT2D eigenvalue weighted by Crippen LogP contribution is -2.35. The summed E-state index contributed by atoms with van der Waals surface area (Å²) >= 11 is 0. The van der Waals surface area contributed by atoms with Crippen LogP contribution in [-0.2, 0) is 0 Å². The van der Waals surface area contributed by atoms with Gasteiger partial charge in [-0.2, -0.15) is 10.2 Å². The van der Waals surface area contributed by atoms with Gasteiger partial charge in [-0.05, 0) is 78.3 Å². The van der Waals surface area contributed by atoms with Gasteiger partial charge in [0.15, 0.2) is 5.82 Å². The van der Waals surface area contributed by atoms with Crippen LogP contribution in [0.5, 0.6) is 0 Å². The number of nitrogens with two attached hydrogens (primary N) is 1. The van der Waals surface area contributed by atoms with Crippen LogP contribution in [0.3, 0.4) is 0 Å². The number of fused-ring (bicyclic) bond motifs is 10. The Labute approximate surface area is 179 Å². The van der Waals surface area contributed by atoms with Gasteiger partial charge < -0.3 is 11.1 Å². The number of H-pyrrole nitrogens is 1. The number of carbonyl (C=O) groups is 1. The van der Waals surface area contributed by atoms with Crippen molar-refractivity contribution >= 4 is 39.2 Å². The number of carbonyl (C=O) groups excluding carboxylic acids is 1. The first-order valence-electron chi connectivity index (χ1n) is 11.1. The van der Waals surface area contributed by atoms with Crippen LogP contribution >= 0.6 is 0 Å². The SMILES string of the molecule is CC(=O)n1ncc2c3c(ccc21)N[C@@H](c1ccc2[nH]nc(N)c2c1)[C@@H]1C2CCC(C2)[C@H]31. The van der Waals surface area contributed by atoms with Gasteiger partial charge in [0.1, 0.15) is 0 Å². The fourth-order valence-corrected chi connectivity index (χ4v) is 6.92. The smallest absolute Gasteiger partial charge is 0.244 e. The summed E-state index contributed by atoms with van der Waals surface area (Å²) in [4.78, 5) is 12.1. The third-order valence-electron chi connectivity index (χ3n) is 8.08. The molecule has 0 saturated heterocycles. The summed E-state index contributed by atoms with van der Waals surface area (Å²) in [6.07, 6.45) is 5.78. The molecule has 0 spiro atoms. The van der Waals surface area contributed by atoms with Gasteiger partial charge in [-0.1, -0.05) is 6.07 Å². The zero-order chi connectivity index (χ0) is 20.9. The third kappa shape index (κ3) is 2.21. The van der Waals surface area contributed by atoms with Crippen LogP contribution in [0.15, 0.2) is 36.5 Å². The Morgan fingerprint density at radius 2 is 2.03 bits per heavy atom. The Kier molecular flexibility index (Phi) is 3.28. The molecule has 2 saturated carbocycles. The largest absolute Gasteiger partial charge is 0.382 e. The molecule has 1 aliphatic heterocycles. The third-order valence-corrected chi connectivity index (χ3v) is 8.08. The molecular formula is C24H24N6O. The van der Waals surface area contributed by atoms with Crippen molar-refractivity contribution in [3.05, 3.63) is 47.7 Å². The van der Waals surface area contributed by atoms with E-state index in [4.69, 9.17) is 5.73 Å². The molecule has 7 rings (SSSR count). The summed E-state index contributed by atoms with van der Waals surface area (Å²) in [6, 6.07) is 10.9. The molecular weight excluding hydrogens is 388 g/mol. The molecule has 2 aromatic heterocycles. The lowest BCUT2D eigenvalue weighted by Gasteiger charge is -2.43. The molecule has 7 nitrogen and oxygen atoms in total. The highest BCUT2D eigenvalue weighted by atomic mass is 16.2. The van der Waals surface area contributed by atoms with E-state index in [1.165, 1.54) is 40.8 Å². The summed E-state index contributed by atoms with van der Waals surface area (Å²) < 4.78 is 1.53. The predicted molar refractivity (Wildman–Crippen MR) is 120 cm³/mol. The van der Waals surface area contributed by atoms with Crippen LogP contribution in [0.1, 0.15) is 54.1 Å². The van der Waals surface area contributed by atoms with Crippen LogP contribution in [0, 0.1) is 17.8 Å². The van der Waals surface area contributed by atoms with Gasteiger partial charge in [0, 0.05) is 23.4 Å². The van der Waals surface area contributed by atoms with Crippen molar-refractivity contribution in [2.45, 2.75) is 38.1 Å². The number of benzene rings is 2. The molecule has 2 aliphatic carbocycles. The molecule has 2 unspecified atom stereocenters. The molecule has 2 fully saturated rings. The lowest BCUT2D eigenvalue weighted by molar-refractivity contribution is 0.0927. The minimum Gasteiger partial charge on any atom is -0.382 e. The number of nitrogens with one attached hydrogen (secondary N) is 2. The Morgan fingerprint density at radius 1 is 1.16 bits per heavy atom.